The van der Waals surface area contributed by atoms with E-state index in [4.69, 9.17) is 10.5 Å². The lowest BCUT2D eigenvalue weighted by atomic mass is 10.2. The van der Waals surface area contributed by atoms with Crippen molar-refractivity contribution in [2.75, 3.05) is 18.9 Å². The fourth-order valence-corrected chi connectivity index (χ4v) is 4.22. The third-order valence-corrected chi connectivity index (χ3v) is 6.01. The van der Waals surface area contributed by atoms with Gasteiger partial charge in [0.15, 0.2) is 5.65 Å². The summed E-state index contributed by atoms with van der Waals surface area (Å²) in [6.07, 6.45) is 3.34. The van der Waals surface area contributed by atoms with Gasteiger partial charge < -0.3 is 20.9 Å². The number of phenols is 1. The van der Waals surface area contributed by atoms with Crippen molar-refractivity contribution in [3.63, 3.8) is 0 Å². The van der Waals surface area contributed by atoms with Gasteiger partial charge in [0.2, 0.25) is 0 Å². The van der Waals surface area contributed by atoms with Crippen molar-refractivity contribution in [2.24, 2.45) is 5.10 Å². The molecule has 0 spiro atoms. The van der Waals surface area contributed by atoms with Gasteiger partial charge in [-0.05, 0) is 43.2 Å². The Bertz CT molecular complexity index is 1390. The summed E-state index contributed by atoms with van der Waals surface area (Å²) in [7, 11) is 0. The Morgan fingerprint density at radius 2 is 2.09 bits per heavy atom. The van der Waals surface area contributed by atoms with E-state index in [9.17, 15) is 9.90 Å². The highest BCUT2D eigenvalue weighted by molar-refractivity contribution is 9.10. The Morgan fingerprint density at radius 1 is 1.30 bits per heavy atom. The van der Waals surface area contributed by atoms with Crippen LogP contribution in [0.25, 0.3) is 22.2 Å². The van der Waals surface area contributed by atoms with Crippen LogP contribution in [0.4, 0.5) is 5.82 Å². The van der Waals surface area contributed by atoms with E-state index in [2.05, 4.69) is 36.3 Å². The second kappa shape index (κ2) is 8.80. The number of aromatic nitrogens is 3. The predicted molar refractivity (Wildman–Crippen MR) is 130 cm³/mol. The fourth-order valence-electron chi connectivity index (χ4n) is 3.84. The molecule has 0 unspecified atom stereocenters. The number of aromatic hydroxyl groups is 1. The number of ether oxygens (including phenoxy) is 1. The molecular formula is C23H21BrN6O3. The number of benzene rings is 2. The van der Waals surface area contributed by atoms with Crippen LogP contribution in [0.3, 0.4) is 0 Å². The first-order chi connectivity index (χ1) is 16.0. The van der Waals surface area contributed by atoms with Crippen molar-refractivity contribution < 1.29 is 14.6 Å². The molecule has 168 valence electrons. The van der Waals surface area contributed by atoms with E-state index in [0.717, 1.165) is 17.3 Å². The summed E-state index contributed by atoms with van der Waals surface area (Å²) < 4.78 is 7.75. The number of nitrogen functional groups attached to an aromatic ring is 1. The van der Waals surface area contributed by atoms with Crippen molar-refractivity contribution in [2.45, 2.75) is 18.9 Å². The second-order valence-corrected chi connectivity index (χ2v) is 8.67. The number of nitrogens with one attached hydrogen (secondary N) is 1. The van der Waals surface area contributed by atoms with Crippen LogP contribution in [0.5, 0.6) is 5.75 Å². The molecule has 9 nitrogen and oxygen atoms in total. The van der Waals surface area contributed by atoms with Crippen molar-refractivity contribution in [1.82, 2.24) is 20.0 Å². The molecule has 10 heteroatoms. The number of phenolic OH excluding ortho intramolecular Hbond substituents is 1. The van der Waals surface area contributed by atoms with Gasteiger partial charge in [-0.25, -0.2) is 9.97 Å². The van der Waals surface area contributed by atoms with Crippen molar-refractivity contribution >= 4 is 56.1 Å². The van der Waals surface area contributed by atoms with Crippen molar-refractivity contribution in [3.8, 4) is 5.75 Å². The average Bonchev–Trinajstić information content (AvgIpc) is 3.42. The lowest BCUT2D eigenvalue weighted by Gasteiger charge is -2.10. The van der Waals surface area contributed by atoms with Gasteiger partial charge in [0.1, 0.15) is 22.6 Å². The van der Waals surface area contributed by atoms with Crippen molar-refractivity contribution in [1.29, 1.82) is 0 Å². The van der Waals surface area contributed by atoms with E-state index >= 15 is 0 Å². The number of para-hydroxylation sites is 2. The molecule has 0 bridgehead atoms. The molecule has 1 aliphatic heterocycles. The zero-order valence-electron chi connectivity index (χ0n) is 17.5. The molecular weight excluding hydrogens is 488 g/mol. The molecule has 1 fully saturated rings. The molecule has 1 aliphatic rings. The quantitative estimate of drug-likeness (QED) is 0.354. The Kier molecular flexibility index (Phi) is 5.69. The lowest BCUT2D eigenvalue weighted by molar-refractivity contribution is 0.0859. The predicted octanol–water partition coefficient (Wildman–Crippen LogP) is 3.43. The molecule has 1 atom stereocenters. The molecule has 33 heavy (non-hydrogen) atoms. The number of fused-ring (bicyclic) bond motifs is 2. The number of rotatable bonds is 5. The average molecular weight is 509 g/mol. The van der Waals surface area contributed by atoms with Crippen LogP contribution in [-0.4, -0.2) is 51.1 Å². The van der Waals surface area contributed by atoms with Gasteiger partial charge in [0.05, 0.1) is 23.4 Å². The number of amides is 1. The van der Waals surface area contributed by atoms with E-state index in [0.29, 0.717) is 40.9 Å². The van der Waals surface area contributed by atoms with Crippen LogP contribution in [0.2, 0.25) is 0 Å². The van der Waals surface area contributed by atoms with Gasteiger partial charge in [-0.15, -0.1) is 0 Å². The number of carbonyl (C=O) groups excluding carboxylic acids is 1. The summed E-state index contributed by atoms with van der Waals surface area (Å²) in [5.74, 6) is -0.198. The fraction of sp³-hybridized carbons (Fsp3) is 0.217. The minimum Gasteiger partial charge on any atom is -0.507 e. The highest BCUT2D eigenvalue weighted by Gasteiger charge is 2.25. The summed E-state index contributed by atoms with van der Waals surface area (Å²) >= 11 is 3.38. The van der Waals surface area contributed by atoms with E-state index < -0.39 is 0 Å². The van der Waals surface area contributed by atoms with Gasteiger partial charge in [-0.1, -0.05) is 28.1 Å². The van der Waals surface area contributed by atoms with Gasteiger partial charge in [0, 0.05) is 23.2 Å². The van der Waals surface area contributed by atoms with Crippen LogP contribution in [-0.2, 0) is 4.74 Å². The maximum Gasteiger partial charge on any atom is 0.257 e. The molecule has 5 rings (SSSR count). The summed E-state index contributed by atoms with van der Waals surface area (Å²) in [4.78, 5) is 22.5. The Hall–Kier alpha value is -3.50. The number of nitrogens with two attached hydrogens (primary N) is 1. The number of halogens is 1. The zero-order valence-corrected chi connectivity index (χ0v) is 19.1. The van der Waals surface area contributed by atoms with E-state index in [1.807, 2.05) is 24.3 Å². The molecule has 0 saturated carbocycles. The van der Waals surface area contributed by atoms with E-state index in [1.54, 1.807) is 18.2 Å². The summed E-state index contributed by atoms with van der Waals surface area (Å²) in [5.41, 5.74) is 9.07. The van der Waals surface area contributed by atoms with E-state index in [-0.39, 0.29) is 29.1 Å². The first-order valence-corrected chi connectivity index (χ1v) is 11.3. The molecule has 2 aromatic heterocycles. The summed E-state index contributed by atoms with van der Waals surface area (Å²) in [6.45, 7) is 1.09. The highest BCUT2D eigenvalue weighted by Crippen LogP contribution is 2.28. The Balaban J connectivity index is 1.60. The molecule has 0 aliphatic carbocycles. The smallest absolute Gasteiger partial charge is 0.257 e. The monoisotopic (exact) mass is 508 g/mol. The SMILES string of the molecule is Nc1c(C(=O)NC[C@H]2CCCO2)c2nc3ccccc3nc2n1/N=C/c1cc(Br)ccc1O. The standard InChI is InChI=1S/C23H21BrN6O3/c24-14-7-8-18(31)13(10-14)11-27-30-21(25)19(23(32)26-12-15-4-3-9-33-15)20-22(30)29-17-6-2-1-5-16(17)28-20/h1-2,5-8,10-11,15,31H,3-4,9,12,25H2,(H,26,32)/b27-11+/t15-/m1/s1. The van der Waals surface area contributed by atoms with Gasteiger partial charge >= 0.3 is 0 Å². The normalized spacial score (nSPS) is 16.2. The number of hydrogen-bond donors (Lipinski definition) is 3. The van der Waals surface area contributed by atoms with Gasteiger partial charge in [-0.2, -0.15) is 9.78 Å². The molecule has 1 amide bonds. The van der Waals surface area contributed by atoms with Crippen LogP contribution in [0.1, 0.15) is 28.8 Å². The number of anilines is 1. The van der Waals surface area contributed by atoms with E-state index in [1.165, 1.54) is 10.9 Å². The number of nitrogens with zero attached hydrogens (tertiary/aromatic N) is 4. The molecule has 3 heterocycles. The number of carbonyl (C=O) groups is 1. The van der Waals surface area contributed by atoms with Crippen LogP contribution >= 0.6 is 15.9 Å². The first kappa shape index (κ1) is 21.4. The Morgan fingerprint density at radius 3 is 2.85 bits per heavy atom. The minimum absolute atomic E-state index is 0.00652. The van der Waals surface area contributed by atoms with Gasteiger partial charge in [-0.3, -0.25) is 4.79 Å². The maximum atomic E-state index is 13.1. The molecule has 1 saturated heterocycles. The van der Waals surface area contributed by atoms with Crippen LogP contribution < -0.4 is 11.1 Å². The molecule has 0 radical (unpaired) electrons. The summed E-state index contributed by atoms with van der Waals surface area (Å²) in [5, 5.41) is 17.5. The summed E-state index contributed by atoms with van der Waals surface area (Å²) in [6, 6.07) is 12.4. The Labute approximate surface area is 197 Å². The van der Waals surface area contributed by atoms with Crippen LogP contribution in [0, 0.1) is 0 Å². The number of hydrogen-bond acceptors (Lipinski definition) is 7. The van der Waals surface area contributed by atoms with Crippen molar-refractivity contribution in [3.05, 3.63) is 58.1 Å². The van der Waals surface area contributed by atoms with Gasteiger partial charge in [0.25, 0.3) is 5.91 Å². The largest absolute Gasteiger partial charge is 0.507 e. The minimum atomic E-state index is -0.364. The highest BCUT2D eigenvalue weighted by atomic mass is 79.9. The molecule has 4 aromatic rings. The third kappa shape index (κ3) is 4.14. The first-order valence-electron chi connectivity index (χ1n) is 10.5. The second-order valence-electron chi connectivity index (χ2n) is 7.75. The molecule has 4 N–H and O–H groups in total. The third-order valence-electron chi connectivity index (χ3n) is 5.52. The topological polar surface area (TPSA) is 128 Å². The maximum absolute atomic E-state index is 13.1. The lowest BCUT2D eigenvalue weighted by Crippen LogP contribution is -2.32. The zero-order chi connectivity index (χ0) is 22.9. The molecule has 2 aromatic carbocycles. The van der Waals surface area contributed by atoms with Crippen LogP contribution in [0.15, 0.2) is 52.0 Å².